The predicted molar refractivity (Wildman–Crippen MR) is 116 cm³/mol. The number of nitrogens with one attached hydrogen (secondary N) is 2. The first-order valence-corrected chi connectivity index (χ1v) is 14.0. The Hall–Kier alpha value is -1.77. The van der Waals surface area contributed by atoms with Gasteiger partial charge in [-0.2, -0.15) is 5.10 Å². The predicted octanol–water partition coefficient (Wildman–Crippen LogP) is 3.58. The highest BCUT2D eigenvalue weighted by Crippen LogP contribution is 2.19. The third-order valence-electron chi connectivity index (χ3n) is 4.95. The summed E-state index contributed by atoms with van der Waals surface area (Å²) in [5.41, 5.74) is 0.982. The maximum absolute atomic E-state index is 5.76. The van der Waals surface area contributed by atoms with Crippen LogP contribution in [-0.4, -0.2) is 47.5 Å². The molecule has 0 amide bonds. The maximum atomic E-state index is 5.76. The van der Waals surface area contributed by atoms with Crippen LogP contribution in [0, 0.1) is 12.8 Å². The van der Waals surface area contributed by atoms with Crippen molar-refractivity contribution >= 4 is 19.7 Å². The molecule has 0 saturated carbocycles. The van der Waals surface area contributed by atoms with Crippen LogP contribution in [0.15, 0.2) is 18.3 Å². The van der Waals surface area contributed by atoms with Gasteiger partial charge in [-0.25, -0.2) is 14.6 Å². The lowest BCUT2D eigenvalue weighted by Crippen LogP contribution is -2.29. The second kappa shape index (κ2) is 9.62. The van der Waals surface area contributed by atoms with E-state index < -0.39 is 8.07 Å². The zero-order chi connectivity index (χ0) is 20.0. The van der Waals surface area contributed by atoms with Crippen LogP contribution in [0.5, 0.6) is 0 Å². The van der Waals surface area contributed by atoms with E-state index in [0.717, 1.165) is 49.3 Å². The van der Waals surface area contributed by atoms with Crippen molar-refractivity contribution in [3.8, 4) is 0 Å². The second-order valence-electron chi connectivity index (χ2n) is 8.92. The van der Waals surface area contributed by atoms with Crippen LogP contribution in [0.25, 0.3) is 0 Å². The molecule has 1 aliphatic rings. The van der Waals surface area contributed by atoms with Gasteiger partial charge in [0.05, 0.1) is 0 Å². The van der Waals surface area contributed by atoms with Gasteiger partial charge in [0.1, 0.15) is 18.4 Å². The monoisotopic (exact) mass is 402 g/mol. The first-order valence-electron chi connectivity index (χ1n) is 10.3. The molecule has 8 heteroatoms. The minimum absolute atomic E-state index is 0.482. The number of ether oxygens (including phenoxy) is 1. The molecule has 1 saturated heterocycles. The Balaban J connectivity index is 1.54. The summed E-state index contributed by atoms with van der Waals surface area (Å²) in [5.74, 6) is 3.17. The molecule has 28 heavy (non-hydrogen) atoms. The Morgan fingerprint density at radius 3 is 2.75 bits per heavy atom. The summed E-state index contributed by atoms with van der Waals surface area (Å²) in [6.07, 6.45) is 5.27. The summed E-state index contributed by atoms with van der Waals surface area (Å²) in [6.45, 7) is 12.6. The molecule has 0 atom stereocenters. The lowest BCUT2D eigenvalue weighted by Gasteiger charge is -2.22. The number of hydrogen-bond acceptors (Lipinski definition) is 6. The highest BCUT2D eigenvalue weighted by Gasteiger charge is 2.16. The fourth-order valence-electron chi connectivity index (χ4n) is 3.30. The molecule has 154 valence electrons. The molecule has 0 spiro atoms. The number of rotatable bonds is 9. The van der Waals surface area contributed by atoms with E-state index in [9.17, 15) is 0 Å². The number of piperidine rings is 1. The number of anilines is 2. The van der Waals surface area contributed by atoms with Crippen LogP contribution in [0.1, 0.15) is 24.4 Å². The summed E-state index contributed by atoms with van der Waals surface area (Å²) >= 11 is 0. The fraction of sp³-hybridized carbons (Fsp3) is 0.650. The van der Waals surface area contributed by atoms with Crippen molar-refractivity contribution in [2.45, 2.75) is 58.6 Å². The molecular weight excluding hydrogens is 368 g/mol. The van der Waals surface area contributed by atoms with Gasteiger partial charge in [0.25, 0.3) is 0 Å². The smallest absolute Gasteiger partial charge is 0.153 e. The number of nitrogens with zero attached hydrogens (tertiary/aromatic N) is 4. The normalized spacial score (nSPS) is 15.7. The molecule has 3 heterocycles. The summed E-state index contributed by atoms with van der Waals surface area (Å²) in [6, 6.07) is 5.08. The molecule has 2 aromatic rings. The van der Waals surface area contributed by atoms with E-state index in [1.54, 1.807) is 0 Å². The maximum Gasteiger partial charge on any atom is 0.153 e. The Bertz CT molecular complexity index is 751. The van der Waals surface area contributed by atoms with E-state index in [4.69, 9.17) is 9.72 Å². The van der Waals surface area contributed by atoms with Gasteiger partial charge in [-0.1, -0.05) is 19.6 Å². The minimum Gasteiger partial charge on any atom is -0.360 e. The minimum atomic E-state index is -1.05. The van der Waals surface area contributed by atoms with Gasteiger partial charge in [-0.15, -0.1) is 0 Å². The van der Waals surface area contributed by atoms with Crippen LogP contribution in [0.4, 0.5) is 11.6 Å². The van der Waals surface area contributed by atoms with Crippen molar-refractivity contribution < 1.29 is 4.74 Å². The van der Waals surface area contributed by atoms with Crippen molar-refractivity contribution in [1.82, 2.24) is 25.1 Å². The van der Waals surface area contributed by atoms with E-state index in [1.807, 2.05) is 29.9 Å². The van der Waals surface area contributed by atoms with E-state index in [1.165, 1.54) is 18.9 Å². The van der Waals surface area contributed by atoms with Crippen LogP contribution < -0.4 is 10.6 Å². The van der Waals surface area contributed by atoms with Crippen molar-refractivity contribution in [2.24, 2.45) is 5.92 Å². The van der Waals surface area contributed by atoms with Crippen LogP contribution in [0.2, 0.25) is 25.7 Å². The zero-order valence-corrected chi connectivity index (χ0v) is 18.7. The molecule has 1 fully saturated rings. The lowest BCUT2D eigenvalue weighted by atomic mass is 9.94. The largest absolute Gasteiger partial charge is 0.360 e. The van der Waals surface area contributed by atoms with Gasteiger partial charge >= 0.3 is 0 Å². The highest BCUT2D eigenvalue weighted by atomic mass is 28.3. The second-order valence-corrected chi connectivity index (χ2v) is 14.5. The molecule has 1 aliphatic heterocycles. The molecule has 0 unspecified atom stereocenters. The third kappa shape index (κ3) is 6.99. The third-order valence-corrected chi connectivity index (χ3v) is 6.65. The van der Waals surface area contributed by atoms with Gasteiger partial charge < -0.3 is 15.4 Å². The van der Waals surface area contributed by atoms with Crippen molar-refractivity contribution in [3.63, 3.8) is 0 Å². The molecule has 0 aliphatic carbocycles. The Labute approximate surface area is 169 Å². The van der Waals surface area contributed by atoms with Gasteiger partial charge in [-0.05, 0) is 44.8 Å². The van der Waals surface area contributed by atoms with Crippen LogP contribution in [-0.2, 0) is 17.9 Å². The SMILES string of the molecule is Cc1cc(Nc2ccn(COCC[Si](C)(C)C)n2)nc(CC2CCNCC2)n1. The zero-order valence-electron chi connectivity index (χ0n) is 17.7. The number of hydrogen-bond donors (Lipinski definition) is 2. The van der Waals surface area contributed by atoms with Crippen LogP contribution in [0.3, 0.4) is 0 Å². The molecule has 3 rings (SSSR count). The average molecular weight is 403 g/mol. The van der Waals surface area contributed by atoms with Crippen molar-refractivity contribution in [1.29, 1.82) is 0 Å². The molecular formula is C20H34N6OSi. The average Bonchev–Trinajstić information content (AvgIpc) is 3.05. The summed E-state index contributed by atoms with van der Waals surface area (Å²) in [7, 11) is -1.05. The van der Waals surface area contributed by atoms with E-state index in [0.29, 0.717) is 12.6 Å². The molecule has 0 radical (unpaired) electrons. The Morgan fingerprint density at radius 1 is 1.21 bits per heavy atom. The Kier molecular flexibility index (Phi) is 7.20. The summed E-state index contributed by atoms with van der Waals surface area (Å²) in [5, 5.41) is 11.3. The standard InChI is InChI=1S/C20H34N6OSi/c1-16-13-19(24-20(22-16)14-17-5-8-21-9-6-17)23-18-7-10-26(25-18)15-27-11-12-28(2,3)4/h7,10,13,17,21H,5-6,8-9,11-12,14-15H2,1-4H3,(H,22,23,24,25). The quantitative estimate of drug-likeness (QED) is 0.493. The van der Waals surface area contributed by atoms with E-state index >= 15 is 0 Å². The Morgan fingerprint density at radius 2 is 2.00 bits per heavy atom. The first kappa shape index (κ1) is 20.9. The van der Waals surface area contributed by atoms with Gasteiger partial charge in [-0.3, -0.25) is 0 Å². The van der Waals surface area contributed by atoms with Gasteiger partial charge in [0, 0.05) is 45.1 Å². The van der Waals surface area contributed by atoms with E-state index in [2.05, 4.69) is 40.4 Å². The van der Waals surface area contributed by atoms with Crippen LogP contribution >= 0.6 is 0 Å². The summed E-state index contributed by atoms with van der Waals surface area (Å²) < 4.78 is 7.57. The highest BCUT2D eigenvalue weighted by molar-refractivity contribution is 6.76. The fourth-order valence-corrected chi connectivity index (χ4v) is 4.05. The lowest BCUT2D eigenvalue weighted by molar-refractivity contribution is 0.0788. The first-order chi connectivity index (χ1) is 13.4. The molecule has 0 aromatic carbocycles. The molecule has 0 bridgehead atoms. The van der Waals surface area contributed by atoms with Gasteiger partial charge in [0.15, 0.2) is 5.82 Å². The van der Waals surface area contributed by atoms with E-state index in [-0.39, 0.29) is 0 Å². The topological polar surface area (TPSA) is 76.9 Å². The molecule has 7 nitrogen and oxygen atoms in total. The molecule has 2 N–H and O–H groups in total. The van der Waals surface area contributed by atoms with Crippen molar-refractivity contribution in [2.75, 3.05) is 25.0 Å². The van der Waals surface area contributed by atoms with Crippen molar-refractivity contribution in [3.05, 3.63) is 29.8 Å². The summed E-state index contributed by atoms with van der Waals surface area (Å²) in [4.78, 5) is 9.35. The number of aryl methyl sites for hydroxylation is 1. The molecule has 2 aromatic heterocycles. The van der Waals surface area contributed by atoms with Gasteiger partial charge in [0.2, 0.25) is 0 Å². The number of aromatic nitrogens is 4.